The Morgan fingerprint density at radius 3 is 2.14 bits per heavy atom. The van der Waals surface area contributed by atoms with Gasteiger partial charge in [0.1, 0.15) is 0 Å². The maximum atomic E-state index is 10.7. The zero-order valence-corrected chi connectivity index (χ0v) is 12.9. The van der Waals surface area contributed by atoms with Gasteiger partial charge >= 0.3 is 0 Å². The van der Waals surface area contributed by atoms with E-state index >= 15 is 0 Å². The largest absolute Gasteiger partial charge is 0.388 e. The van der Waals surface area contributed by atoms with Gasteiger partial charge in [-0.25, -0.2) is 0 Å². The molecule has 2 nitrogen and oxygen atoms in total. The van der Waals surface area contributed by atoms with Crippen molar-refractivity contribution in [1.82, 2.24) is 0 Å². The summed E-state index contributed by atoms with van der Waals surface area (Å²) in [5, 5.41) is 21.0. The number of aliphatic hydroxyl groups is 2. The van der Waals surface area contributed by atoms with Crippen molar-refractivity contribution in [1.29, 1.82) is 0 Å². The first-order valence-electron chi connectivity index (χ1n) is 8.22. The SMILES string of the molecule is OC(Cc1ccc(C2(O)CCCCC2)cc1)c1ccccc1. The predicted molar refractivity (Wildman–Crippen MR) is 88.5 cm³/mol. The molecule has 2 aromatic rings. The van der Waals surface area contributed by atoms with Crippen LogP contribution in [0.1, 0.15) is 54.9 Å². The minimum Gasteiger partial charge on any atom is -0.388 e. The molecule has 3 rings (SSSR count). The van der Waals surface area contributed by atoms with E-state index in [1.165, 1.54) is 6.42 Å². The second-order valence-electron chi connectivity index (χ2n) is 6.42. The molecule has 1 aliphatic carbocycles. The topological polar surface area (TPSA) is 40.5 Å². The summed E-state index contributed by atoms with van der Waals surface area (Å²) in [7, 11) is 0. The van der Waals surface area contributed by atoms with Gasteiger partial charge in [0, 0.05) is 6.42 Å². The quantitative estimate of drug-likeness (QED) is 0.891. The summed E-state index contributed by atoms with van der Waals surface area (Å²) in [6.07, 6.45) is 5.27. The lowest BCUT2D eigenvalue weighted by atomic mass is 9.79. The fraction of sp³-hybridized carbons (Fsp3) is 0.400. The van der Waals surface area contributed by atoms with Crippen molar-refractivity contribution in [2.24, 2.45) is 0 Å². The highest BCUT2D eigenvalue weighted by Gasteiger charge is 2.30. The van der Waals surface area contributed by atoms with Gasteiger partial charge in [-0.1, -0.05) is 73.9 Å². The molecule has 1 fully saturated rings. The minimum atomic E-state index is -0.644. The average molecular weight is 296 g/mol. The van der Waals surface area contributed by atoms with Gasteiger partial charge in [-0.05, 0) is 29.5 Å². The molecule has 0 saturated heterocycles. The van der Waals surface area contributed by atoms with Gasteiger partial charge in [0.25, 0.3) is 0 Å². The Morgan fingerprint density at radius 1 is 0.864 bits per heavy atom. The zero-order chi connectivity index (χ0) is 15.4. The monoisotopic (exact) mass is 296 g/mol. The van der Waals surface area contributed by atoms with Crippen LogP contribution in [0.3, 0.4) is 0 Å². The summed E-state index contributed by atoms with van der Waals surface area (Å²) in [6.45, 7) is 0. The predicted octanol–water partition coefficient (Wildman–Crippen LogP) is 4.11. The van der Waals surface area contributed by atoms with Gasteiger partial charge in [-0.3, -0.25) is 0 Å². The van der Waals surface area contributed by atoms with E-state index in [2.05, 4.69) is 0 Å². The molecule has 0 radical (unpaired) electrons. The van der Waals surface area contributed by atoms with E-state index in [4.69, 9.17) is 0 Å². The van der Waals surface area contributed by atoms with Gasteiger partial charge in [0.15, 0.2) is 0 Å². The van der Waals surface area contributed by atoms with E-state index in [0.29, 0.717) is 6.42 Å². The average Bonchev–Trinajstić information content (AvgIpc) is 2.57. The van der Waals surface area contributed by atoms with Crippen molar-refractivity contribution >= 4 is 0 Å². The molecule has 0 aromatic heterocycles. The molecule has 1 unspecified atom stereocenters. The fourth-order valence-electron chi connectivity index (χ4n) is 3.39. The Labute approximate surface area is 132 Å². The molecule has 1 aliphatic rings. The summed E-state index contributed by atoms with van der Waals surface area (Å²) in [5.41, 5.74) is 2.41. The summed E-state index contributed by atoms with van der Waals surface area (Å²) < 4.78 is 0. The molecule has 116 valence electrons. The minimum absolute atomic E-state index is 0.482. The third-order valence-electron chi connectivity index (χ3n) is 4.79. The molecule has 0 heterocycles. The van der Waals surface area contributed by atoms with Crippen molar-refractivity contribution in [3.63, 3.8) is 0 Å². The molecule has 2 N–H and O–H groups in total. The summed E-state index contributed by atoms with van der Waals surface area (Å²) in [4.78, 5) is 0. The number of hydrogen-bond donors (Lipinski definition) is 2. The van der Waals surface area contributed by atoms with Crippen molar-refractivity contribution in [3.05, 3.63) is 71.3 Å². The molecule has 1 saturated carbocycles. The third-order valence-corrected chi connectivity index (χ3v) is 4.79. The van der Waals surface area contributed by atoms with E-state index in [-0.39, 0.29) is 0 Å². The first-order valence-corrected chi connectivity index (χ1v) is 8.22. The lowest BCUT2D eigenvalue weighted by molar-refractivity contribution is -0.000639. The summed E-state index contributed by atoms with van der Waals surface area (Å²) >= 11 is 0. The molecule has 22 heavy (non-hydrogen) atoms. The standard InChI is InChI=1S/C20H24O2/c21-19(17-7-3-1-4-8-17)15-16-9-11-18(12-10-16)20(22)13-5-2-6-14-20/h1,3-4,7-12,19,21-22H,2,5-6,13-15H2. The lowest BCUT2D eigenvalue weighted by Gasteiger charge is -2.32. The number of benzene rings is 2. The van der Waals surface area contributed by atoms with E-state index in [9.17, 15) is 10.2 Å². The van der Waals surface area contributed by atoms with Crippen LogP contribution in [-0.2, 0) is 12.0 Å². The Bertz CT molecular complexity index is 583. The van der Waals surface area contributed by atoms with Crippen LogP contribution in [0, 0.1) is 0 Å². The second-order valence-corrected chi connectivity index (χ2v) is 6.42. The highest BCUT2D eigenvalue weighted by atomic mass is 16.3. The van der Waals surface area contributed by atoms with E-state index in [1.54, 1.807) is 0 Å². The molecule has 2 heteroatoms. The Balaban J connectivity index is 1.69. The smallest absolute Gasteiger partial charge is 0.0896 e. The summed E-state index contributed by atoms with van der Waals surface area (Å²) in [5.74, 6) is 0. The second kappa shape index (κ2) is 6.64. The fourth-order valence-corrected chi connectivity index (χ4v) is 3.39. The Morgan fingerprint density at radius 2 is 1.50 bits per heavy atom. The highest BCUT2D eigenvalue weighted by Crippen LogP contribution is 2.37. The van der Waals surface area contributed by atoms with Crippen LogP contribution in [0.5, 0.6) is 0 Å². The molecule has 0 bridgehead atoms. The van der Waals surface area contributed by atoms with E-state index in [1.807, 2.05) is 54.6 Å². The van der Waals surface area contributed by atoms with Crippen molar-refractivity contribution in [3.8, 4) is 0 Å². The van der Waals surface area contributed by atoms with Crippen LogP contribution >= 0.6 is 0 Å². The van der Waals surface area contributed by atoms with Gasteiger partial charge in [0.2, 0.25) is 0 Å². The van der Waals surface area contributed by atoms with Gasteiger partial charge < -0.3 is 10.2 Å². The van der Waals surface area contributed by atoms with Crippen LogP contribution in [0.4, 0.5) is 0 Å². The summed E-state index contributed by atoms with van der Waals surface area (Å²) in [6, 6.07) is 17.9. The van der Waals surface area contributed by atoms with Gasteiger partial charge in [-0.15, -0.1) is 0 Å². The van der Waals surface area contributed by atoms with Crippen LogP contribution in [0.15, 0.2) is 54.6 Å². The highest BCUT2D eigenvalue weighted by molar-refractivity contribution is 5.29. The Kier molecular flexibility index (Phi) is 4.60. The molecular weight excluding hydrogens is 272 g/mol. The Hall–Kier alpha value is -1.64. The maximum absolute atomic E-state index is 10.7. The normalized spacial score (nSPS) is 18.8. The molecule has 0 spiro atoms. The van der Waals surface area contributed by atoms with Gasteiger partial charge in [0.05, 0.1) is 11.7 Å². The van der Waals surface area contributed by atoms with Crippen LogP contribution in [-0.4, -0.2) is 10.2 Å². The molecule has 0 aliphatic heterocycles. The molecular formula is C20H24O2. The third kappa shape index (κ3) is 3.40. The van der Waals surface area contributed by atoms with Crippen molar-refractivity contribution in [2.75, 3.05) is 0 Å². The van der Waals surface area contributed by atoms with E-state index in [0.717, 1.165) is 42.4 Å². The van der Waals surface area contributed by atoms with Gasteiger partial charge in [-0.2, -0.15) is 0 Å². The first-order chi connectivity index (χ1) is 10.7. The van der Waals surface area contributed by atoms with Crippen molar-refractivity contribution in [2.45, 2.75) is 50.2 Å². The van der Waals surface area contributed by atoms with Crippen molar-refractivity contribution < 1.29 is 10.2 Å². The molecule has 2 aromatic carbocycles. The number of rotatable bonds is 4. The van der Waals surface area contributed by atoms with Crippen LogP contribution < -0.4 is 0 Å². The lowest BCUT2D eigenvalue weighted by Crippen LogP contribution is -2.28. The number of hydrogen-bond acceptors (Lipinski definition) is 2. The zero-order valence-electron chi connectivity index (χ0n) is 12.9. The number of aliphatic hydroxyl groups excluding tert-OH is 1. The van der Waals surface area contributed by atoms with Crippen LogP contribution in [0.25, 0.3) is 0 Å². The molecule has 1 atom stereocenters. The first kappa shape index (κ1) is 15.3. The maximum Gasteiger partial charge on any atom is 0.0896 e. The van der Waals surface area contributed by atoms with Crippen LogP contribution in [0.2, 0.25) is 0 Å². The van der Waals surface area contributed by atoms with E-state index < -0.39 is 11.7 Å². The molecule has 0 amide bonds.